The lowest BCUT2D eigenvalue weighted by Crippen LogP contribution is -2.19. The number of rotatable bonds is 3. The fourth-order valence-electron chi connectivity index (χ4n) is 1.54. The minimum atomic E-state index is -0.490. The van der Waals surface area contributed by atoms with Gasteiger partial charge in [-0.2, -0.15) is 0 Å². The highest BCUT2D eigenvalue weighted by atomic mass is 32.1. The van der Waals surface area contributed by atoms with Crippen molar-refractivity contribution in [2.45, 2.75) is 0 Å². The lowest BCUT2D eigenvalue weighted by molar-refractivity contribution is 0.0594. The van der Waals surface area contributed by atoms with E-state index in [1.54, 1.807) is 12.1 Å². The molecule has 0 fully saturated rings. The third-order valence-electron chi connectivity index (χ3n) is 2.44. The number of pyridine rings is 1. The topological polar surface area (TPSA) is 63.2 Å². The fourth-order valence-corrected chi connectivity index (χ4v) is 1.78. The number of para-hydroxylation sites is 1. The number of carbonyl (C=O) groups excluding carboxylic acids is 1. The number of nitrogens with zero attached hydrogens (tertiary/aromatic N) is 1. The molecule has 0 unspecified atom stereocenters. The van der Waals surface area contributed by atoms with Crippen LogP contribution in [-0.2, 0) is 4.74 Å². The summed E-state index contributed by atoms with van der Waals surface area (Å²) in [5.41, 5.74) is 1.76. The number of hydrogen-bond acceptors (Lipinski definition) is 4. The fraction of sp³-hybridized carbons (Fsp3) is 0.0714. The number of carbonyl (C=O) groups is 1. The number of anilines is 2. The third kappa shape index (κ3) is 3.76. The van der Waals surface area contributed by atoms with Crippen LogP contribution in [0.25, 0.3) is 0 Å². The second kappa shape index (κ2) is 6.63. The van der Waals surface area contributed by atoms with Crippen molar-refractivity contribution >= 4 is 34.7 Å². The number of hydrogen-bond donors (Lipinski definition) is 2. The number of aromatic nitrogens is 1. The number of ether oxygens (including phenoxy) is 1. The summed E-state index contributed by atoms with van der Waals surface area (Å²) in [7, 11) is 1.31. The van der Waals surface area contributed by atoms with Gasteiger partial charge < -0.3 is 15.4 Å². The van der Waals surface area contributed by atoms with Crippen molar-refractivity contribution in [3.8, 4) is 0 Å². The Kier molecular flexibility index (Phi) is 4.62. The van der Waals surface area contributed by atoms with Crippen molar-refractivity contribution in [1.29, 1.82) is 0 Å². The van der Waals surface area contributed by atoms with E-state index in [0.717, 1.165) is 5.69 Å². The van der Waals surface area contributed by atoms with Gasteiger partial charge in [0, 0.05) is 17.6 Å². The first-order valence-electron chi connectivity index (χ1n) is 5.86. The van der Waals surface area contributed by atoms with Crippen LogP contribution in [0.1, 0.15) is 10.5 Å². The van der Waals surface area contributed by atoms with E-state index in [2.05, 4.69) is 20.4 Å². The molecule has 2 rings (SSSR count). The quantitative estimate of drug-likeness (QED) is 0.668. The van der Waals surface area contributed by atoms with Gasteiger partial charge in [0.15, 0.2) is 5.11 Å². The maximum atomic E-state index is 11.4. The second-order valence-corrected chi connectivity index (χ2v) is 4.27. The van der Waals surface area contributed by atoms with Crippen molar-refractivity contribution in [1.82, 2.24) is 4.98 Å². The number of methoxy groups -OCH3 is 1. The van der Waals surface area contributed by atoms with Gasteiger partial charge in [0.2, 0.25) is 0 Å². The minimum Gasteiger partial charge on any atom is -0.464 e. The van der Waals surface area contributed by atoms with Crippen molar-refractivity contribution in [2.24, 2.45) is 0 Å². The molecule has 0 aliphatic rings. The van der Waals surface area contributed by atoms with Gasteiger partial charge in [0.05, 0.1) is 7.11 Å². The molecule has 102 valence electrons. The maximum Gasteiger partial charge on any atom is 0.356 e. The number of benzene rings is 1. The molecule has 1 aromatic heterocycles. The summed E-state index contributed by atoms with van der Waals surface area (Å²) < 4.78 is 4.61. The van der Waals surface area contributed by atoms with Gasteiger partial charge in [-0.05, 0) is 36.5 Å². The lowest BCUT2D eigenvalue weighted by atomic mass is 10.3. The van der Waals surface area contributed by atoms with Gasteiger partial charge in [-0.25, -0.2) is 9.78 Å². The molecule has 0 saturated heterocycles. The molecule has 0 aliphatic heterocycles. The molecule has 0 radical (unpaired) electrons. The summed E-state index contributed by atoms with van der Waals surface area (Å²) in [5, 5.41) is 6.45. The summed E-state index contributed by atoms with van der Waals surface area (Å²) in [4.78, 5) is 15.3. The average molecular weight is 287 g/mol. The highest BCUT2D eigenvalue weighted by Gasteiger charge is 2.08. The van der Waals surface area contributed by atoms with Gasteiger partial charge in [0.25, 0.3) is 0 Å². The molecule has 0 amide bonds. The summed E-state index contributed by atoms with van der Waals surface area (Å²) in [6.07, 6.45) is 1.51. The van der Waals surface area contributed by atoms with Crippen LogP contribution in [-0.4, -0.2) is 23.2 Å². The first-order chi connectivity index (χ1) is 9.69. The van der Waals surface area contributed by atoms with E-state index < -0.39 is 5.97 Å². The third-order valence-corrected chi connectivity index (χ3v) is 2.65. The van der Waals surface area contributed by atoms with E-state index >= 15 is 0 Å². The van der Waals surface area contributed by atoms with Gasteiger partial charge in [-0.15, -0.1) is 0 Å². The maximum absolute atomic E-state index is 11.4. The molecule has 2 N–H and O–H groups in total. The SMILES string of the molecule is COC(=O)c1cc(NC(=S)Nc2ccccc2)ccn1. The van der Waals surface area contributed by atoms with Gasteiger partial charge in [0.1, 0.15) is 5.69 Å². The van der Waals surface area contributed by atoms with Gasteiger partial charge in [-0.1, -0.05) is 18.2 Å². The molecule has 0 bridgehead atoms. The zero-order valence-corrected chi connectivity index (χ0v) is 11.6. The second-order valence-electron chi connectivity index (χ2n) is 3.87. The van der Waals surface area contributed by atoms with Crippen LogP contribution in [0.5, 0.6) is 0 Å². The highest BCUT2D eigenvalue weighted by Crippen LogP contribution is 2.11. The van der Waals surface area contributed by atoms with Crippen molar-refractivity contribution in [3.05, 3.63) is 54.4 Å². The molecule has 0 aliphatic carbocycles. The molecule has 0 atom stereocenters. The van der Waals surface area contributed by atoms with E-state index in [4.69, 9.17) is 12.2 Å². The van der Waals surface area contributed by atoms with Crippen LogP contribution in [0.2, 0.25) is 0 Å². The van der Waals surface area contributed by atoms with Crippen LogP contribution in [0.4, 0.5) is 11.4 Å². The summed E-state index contributed by atoms with van der Waals surface area (Å²) in [6.45, 7) is 0. The predicted molar refractivity (Wildman–Crippen MR) is 81.9 cm³/mol. The summed E-state index contributed by atoms with van der Waals surface area (Å²) >= 11 is 5.20. The van der Waals surface area contributed by atoms with Crippen molar-refractivity contribution < 1.29 is 9.53 Å². The van der Waals surface area contributed by atoms with E-state index in [-0.39, 0.29) is 5.69 Å². The van der Waals surface area contributed by atoms with Crippen LogP contribution < -0.4 is 10.6 Å². The zero-order chi connectivity index (χ0) is 14.4. The van der Waals surface area contributed by atoms with Gasteiger partial charge in [-0.3, -0.25) is 0 Å². The Labute approximate surface area is 122 Å². The van der Waals surface area contributed by atoms with Crippen LogP contribution >= 0.6 is 12.2 Å². The molecule has 2 aromatic rings. The molecule has 1 heterocycles. The van der Waals surface area contributed by atoms with E-state index in [1.807, 2.05) is 30.3 Å². The lowest BCUT2D eigenvalue weighted by Gasteiger charge is -2.10. The molecule has 6 heteroatoms. The molecular formula is C14H13N3O2S. The Bertz CT molecular complexity index is 617. The average Bonchev–Trinajstić information content (AvgIpc) is 2.47. The largest absolute Gasteiger partial charge is 0.464 e. The van der Waals surface area contributed by atoms with Gasteiger partial charge >= 0.3 is 5.97 Å². The Morgan fingerprint density at radius 1 is 1.15 bits per heavy atom. The molecule has 20 heavy (non-hydrogen) atoms. The Balaban J connectivity index is 2.03. The predicted octanol–water partition coefficient (Wildman–Crippen LogP) is 2.68. The number of nitrogens with one attached hydrogen (secondary N) is 2. The normalized spacial score (nSPS) is 9.65. The standard InChI is InChI=1S/C14H13N3O2S/c1-19-13(18)12-9-11(7-8-15-12)17-14(20)16-10-5-3-2-4-6-10/h2-9H,1H3,(H2,15,16,17,20). The first kappa shape index (κ1) is 14.0. The summed E-state index contributed by atoms with van der Waals surface area (Å²) in [5.74, 6) is -0.490. The Morgan fingerprint density at radius 2 is 1.85 bits per heavy atom. The molecule has 0 saturated carbocycles. The van der Waals surface area contributed by atoms with E-state index in [9.17, 15) is 4.79 Å². The Morgan fingerprint density at radius 3 is 2.55 bits per heavy atom. The smallest absolute Gasteiger partial charge is 0.356 e. The zero-order valence-electron chi connectivity index (χ0n) is 10.8. The first-order valence-corrected chi connectivity index (χ1v) is 6.27. The van der Waals surface area contributed by atoms with Crippen LogP contribution in [0, 0.1) is 0 Å². The number of esters is 1. The minimum absolute atomic E-state index is 0.222. The molecule has 1 aromatic carbocycles. The monoisotopic (exact) mass is 287 g/mol. The Hall–Kier alpha value is -2.47. The van der Waals surface area contributed by atoms with E-state index in [1.165, 1.54) is 13.3 Å². The van der Waals surface area contributed by atoms with E-state index in [0.29, 0.717) is 10.8 Å². The molecule has 5 nitrogen and oxygen atoms in total. The molecular weight excluding hydrogens is 274 g/mol. The van der Waals surface area contributed by atoms with Crippen LogP contribution in [0.3, 0.4) is 0 Å². The van der Waals surface area contributed by atoms with Crippen molar-refractivity contribution in [2.75, 3.05) is 17.7 Å². The highest BCUT2D eigenvalue weighted by molar-refractivity contribution is 7.80. The summed E-state index contributed by atoms with van der Waals surface area (Å²) in [6, 6.07) is 12.8. The van der Waals surface area contributed by atoms with Crippen molar-refractivity contribution in [3.63, 3.8) is 0 Å². The molecule has 0 spiro atoms. The van der Waals surface area contributed by atoms with Crippen LogP contribution in [0.15, 0.2) is 48.7 Å². The number of thiocarbonyl (C=S) groups is 1.